The lowest BCUT2D eigenvalue weighted by Crippen LogP contribution is -2.45. The number of ether oxygens (including phenoxy) is 1. The van der Waals surface area contributed by atoms with Gasteiger partial charge < -0.3 is 19.9 Å². The van der Waals surface area contributed by atoms with Gasteiger partial charge in [0.15, 0.2) is 0 Å². The molecule has 0 radical (unpaired) electrons. The number of hydrogen-bond donors (Lipinski definition) is 2. The Morgan fingerprint density at radius 1 is 1.03 bits per heavy atom. The molecule has 0 saturated carbocycles. The van der Waals surface area contributed by atoms with Gasteiger partial charge in [-0.1, -0.05) is 48.5 Å². The van der Waals surface area contributed by atoms with Crippen LogP contribution in [0, 0.1) is 0 Å². The summed E-state index contributed by atoms with van der Waals surface area (Å²) in [6.45, 7) is 0.506. The summed E-state index contributed by atoms with van der Waals surface area (Å²) in [5.41, 5.74) is 4.48. The summed E-state index contributed by atoms with van der Waals surface area (Å²) < 4.78 is 5.29. The van der Waals surface area contributed by atoms with Crippen molar-refractivity contribution in [3.8, 4) is 5.75 Å². The fourth-order valence-electron chi connectivity index (χ4n) is 4.94. The van der Waals surface area contributed by atoms with Gasteiger partial charge in [-0.05, 0) is 47.4 Å². The minimum absolute atomic E-state index is 0.0840. The molecule has 0 unspecified atom stereocenters. The van der Waals surface area contributed by atoms with Crippen LogP contribution in [0.15, 0.2) is 79.0 Å². The first kappa shape index (κ1) is 21.8. The number of nitrogens with zero attached hydrogens (tertiary/aromatic N) is 1. The number of likely N-dealkylation sites (N-methyl/N-ethyl adjacent to an activating group) is 1. The highest BCUT2D eigenvalue weighted by atomic mass is 16.5. The van der Waals surface area contributed by atoms with Crippen LogP contribution in [0.25, 0.3) is 10.9 Å². The zero-order chi connectivity index (χ0) is 23.7. The minimum Gasteiger partial charge on any atom is -0.497 e. The average Bonchev–Trinajstić information content (AvgIpc) is 3.29. The minimum atomic E-state index is -0.518. The summed E-state index contributed by atoms with van der Waals surface area (Å²) in [7, 11) is 3.38. The SMILES string of the molecule is COc1ccc([C@@H]2[C@@H](C(=O)NCCc3c[nH]c4ccccc34)c3ccccc3C(=O)N2C)cc1. The molecule has 1 aliphatic heterocycles. The number of carbonyl (C=O) groups is 2. The van der Waals surface area contributed by atoms with Crippen LogP contribution in [0.1, 0.15) is 39.0 Å². The number of carbonyl (C=O) groups excluding carboxylic acids is 2. The lowest BCUT2D eigenvalue weighted by molar-refractivity contribution is -0.124. The second-order valence-electron chi connectivity index (χ2n) is 8.60. The van der Waals surface area contributed by atoms with Gasteiger partial charge in [-0.15, -0.1) is 0 Å². The lowest BCUT2D eigenvalue weighted by atomic mass is 9.79. The Morgan fingerprint density at radius 3 is 2.56 bits per heavy atom. The molecule has 0 aliphatic carbocycles. The fourth-order valence-corrected chi connectivity index (χ4v) is 4.94. The van der Waals surface area contributed by atoms with Crippen molar-refractivity contribution in [3.05, 3.63) is 101 Å². The van der Waals surface area contributed by atoms with Crippen molar-refractivity contribution in [2.75, 3.05) is 20.7 Å². The molecular formula is C28H27N3O3. The summed E-state index contributed by atoms with van der Waals surface area (Å²) in [4.78, 5) is 31.7. The molecule has 6 nitrogen and oxygen atoms in total. The van der Waals surface area contributed by atoms with E-state index in [-0.39, 0.29) is 11.8 Å². The molecule has 6 heteroatoms. The maximum absolute atomic E-state index is 13.6. The van der Waals surface area contributed by atoms with E-state index in [2.05, 4.69) is 16.4 Å². The molecular weight excluding hydrogens is 426 g/mol. The highest BCUT2D eigenvalue weighted by Crippen LogP contribution is 2.42. The molecule has 1 aliphatic rings. The first-order valence-corrected chi connectivity index (χ1v) is 11.4. The lowest BCUT2D eigenvalue weighted by Gasteiger charge is -2.39. The molecule has 5 rings (SSSR count). The normalized spacial score (nSPS) is 17.5. The first-order chi connectivity index (χ1) is 16.6. The van der Waals surface area contributed by atoms with E-state index >= 15 is 0 Å². The van der Waals surface area contributed by atoms with E-state index in [1.165, 1.54) is 10.9 Å². The van der Waals surface area contributed by atoms with Crippen LogP contribution in [0.2, 0.25) is 0 Å². The van der Waals surface area contributed by atoms with Crippen molar-refractivity contribution in [3.63, 3.8) is 0 Å². The smallest absolute Gasteiger partial charge is 0.254 e. The number of nitrogens with one attached hydrogen (secondary N) is 2. The number of H-pyrrole nitrogens is 1. The zero-order valence-corrected chi connectivity index (χ0v) is 19.2. The number of methoxy groups -OCH3 is 1. The quantitative estimate of drug-likeness (QED) is 0.453. The van der Waals surface area contributed by atoms with Crippen molar-refractivity contribution >= 4 is 22.7 Å². The van der Waals surface area contributed by atoms with E-state index in [4.69, 9.17) is 4.74 Å². The van der Waals surface area contributed by atoms with Crippen LogP contribution >= 0.6 is 0 Å². The topological polar surface area (TPSA) is 74.4 Å². The molecule has 2 N–H and O–H groups in total. The van der Waals surface area contributed by atoms with Gasteiger partial charge in [-0.3, -0.25) is 9.59 Å². The van der Waals surface area contributed by atoms with Crippen molar-refractivity contribution in [1.82, 2.24) is 15.2 Å². The van der Waals surface area contributed by atoms with Crippen molar-refractivity contribution in [2.24, 2.45) is 0 Å². The highest BCUT2D eigenvalue weighted by Gasteiger charge is 2.42. The van der Waals surface area contributed by atoms with Crippen LogP contribution in [0.5, 0.6) is 5.75 Å². The highest BCUT2D eigenvalue weighted by molar-refractivity contribution is 6.01. The number of aromatic amines is 1. The Morgan fingerprint density at radius 2 is 1.76 bits per heavy atom. The van der Waals surface area contributed by atoms with Gasteiger partial charge >= 0.3 is 0 Å². The number of para-hydroxylation sites is 1. The molecule has 3 aromatic carbocycles. The maximum Gasteiger partial charge on any atom is 0.254 e. The van der Waals surface area contributed by atoms with E-state index in [0.717, 1.165) is 22.4 Å². The summed E-state index contributed by atoms with van der Waals surface area (Å²) in [5, 5.41) is 4.31. The predicted molar refractivity (Wildman–Crippen MR) is 132 cm³/mol. The Hall–Kier alpha value is -4.06. The molecule has 34 heavy (non-hydrogen) atoms. The second-order valence-corrected chi connectivity index (χ2v) is 8.60. The Bertz CT molecular complexity index is 1340. The van der Waals surface area contributed by atoms with Gasteiger partial charge in [0.2, 0.25) is 5.91 Å². The third-order valence-corrected chi connectivity index (χ3v) is 6.69. The molecule has 0 spiro atoms. The van der Waals surface area contributed by atoms with E-state index in [9.17, 15) is 9.59 Å². The average molecular weight is 454 g/mol. The van der Waals surface area contributed by atoms with Gasteiger partial charge in [0.05, 0.1) is 19.1 Å². The van der Waals surface area contributed by atoms with Gasteiger partial charge in [-0.2, -0.15) is 0 Å². The number of amides is 2. The Kier molecular flexibility index (Phi) is 5.80. The molecule has 2 atom stereocenters. The number of fused-ring (bicyclic) bond motifs is 2. The van der Waals surface area contributed by atoms with E-state index in [1.807, 2.05) is 66.9 Å². The Balaban J connectivity index is 1.43. The fraction of sp³-hybridized carbons (Fsp3) is 0.214. The summed E-state index contributed by atoms with van der Waals surface area (Å²) in [5.74, 6) is 0.0376. The number of hydrogen-bond acceptors (Lipinski definition) is 3. The number of rotatable bonds is 6. The van der Waals surface area contributed by atoms with Crippen LogP contribution in [-0.4, -0.2) is 42.4 Å². The van der Waals surface area contributed by atoms with Crippen LogP contribution in [-0.2, 0) is 11.2 Å². The van der Waals surface area contributed by atoms with E-state index < -0.39 is 12.0 Å². The van der Waals surface area contributed by atoms with E-state index in [1.54, 1.807) is 25.1 Å². The van der Waals surface area contributed by atoms with Crippen LogP contribution < -0.4 is 10.1 Å². The molecule has 1 aromatic heterocycles. The van der Waals surface area contributed by atoms with Gasteiger partial charge in [-0.25, -0.2) is 0 Å². The second kappa shape index (κ2) is 9.06. The molecule has 0 fully saturated rings. The van der Waals surface area contributed by atoms with Gasteiger partial charge in [0, 0.05) is 36.3 Å². The molecule has 172 valence electrons. The van der Waals surface area contributed by atoms with Crippen LogP contribution in [0.3, 0.4) is 0 Å². The predicted octanol–water partition coefficient (Wildman–Crippen LogP) is 4.45. The third kappa shape index (κ3) is 3.81. The van der Waals surface area contributed by atoms with Gasteiger partial charge in [0.1, 0.15) is 5.75 Å². The van der Waals surface area contributed by atoms with Crippen LogP contribution in [0.4, 0.5) is 0 Å². The molecule has 4 aromatic rings. The molecule has 2 amide bonds. The molecule has 2 heterocycles. The maximum atomic E-state index is 13.6. The molecule has 0 bridgehead atoms. The third-order valence-electron chi connectivity index (χ3n) is 6.69. The Labute approximate surface area is 198 Å². The van der Waals surface area contributed by atoms with Crippen molar-refractivity contribution in [1.29, 1.82) is 0 Å². The van der Waals surface area contributed by atoms with E-state index in [0.29, 0.717) is 18.5 Å². The summed E-state index contributed by atoms with van der Waals surface area (Å²) in [6, 6.07) is 22.7. The number of aromatic nitrogens is 1. The molecule has 0 saturated heterocycles. The first-order valence-electron chi connectivity index (χ1n) is 11.4. The monoisotopic (exact) mass is 453 g/mol. The van der Waals surface area contributed by atoms with Crippen molar-refractivity contribution < 1.29 is 14.3 Å². The zero-order valence-electron chi connectivity index (χ0n) is 19.2. The largest absolute Gasteiger partial charge is 0.497 e. The van der Waals surface area contributed by atoms with Gasteiger partial charge in [0.25, 0.3) is 5.91 Å². The number of benzene rings is 3. The summed E-state index contributed by atoms with van der Waals surface area (Å²) >= 11 is 0. The summed E-state index contributed by atoms with van der Waals surface area (Å²) in [6.07, 6.45) is 2.71. The van der Waals surface area contributed by atoms with Crippen molar-refractivity contribution in [2.45, 2.75) is 18.4 Å². The standard InChI is InChI=1S/C28H27N3O3/c1-31-26(18-11-13-20(34-2)14-12-18)25(22-8-3-4-9-23(22)28(31)33)27(32)29-16-15-19-17-30-24-10-6-5-7-21(19)24/h3-14,17,25-26,30H,15-16H2,1-2H3,(H,29,32)/t25-,26+/m0/s1.